The van der Waals surface area contributed by atoms with E-state index in [9.17, 15) is 9.59 Å². The fourth-order valence-corrected chi connectivity index (χ4v) is 2.91. The van der Waals surface area contributed by atoms with Crippen molar-refractivity contribution in [3.05, 3.63) is 33.9 Å². The summed E-state index contributed by atoms with van der Waals surface area (Å²) < 4.78 is 1.55. The number of hydrogen-bond donors (Lipinski definition) is 4. The van der Waals surface area contributed by atoms with Gasteiger partial charge in [0.15, 0.2) is 5.84 Å². The van der Waals surface area contributed by atoms with Gasteiger partial charge in [-0.25, -0.2) is 9.31 Å². The Balaban J connectivity index is 2.01. The highest BCUT2D eigenvalue weighted by Crippen LogP contribution is 2.27. The molecule has 23 heavy (non-hydrogen) atoms. The zero-order valence-electron chi connectivity index (χ0n) is 12.1. The molecule has 10 nitrogen and oxygen atoms in total. The number of amides is 1. The van der Waals surface area contributed by atoms with E-state index in [-0.39, 0.29) is 17.3 Å². The highest BCUT2D eigenvalue weighted by molar-refractivity contribution is 6.02. The van der Waals surface area contributed by atoms with Crippen molar-refractivity contribution in [2.45, 2.75) is 18.8 Å². The van der Waals surface area contributed by atoms with Gasteiger partial charge in [0.05, 0.1) is 17.5 Å². The van der Waals surface area contributed by atoms with Crippen LogP contribution in [0.25, 0.3) is 5.65 Å². The Labute approximate surface area is 129 Å². The smallest absolute Gasteiger partial charge is 0.407 e. The van der Waals surface area contributed by atoms with Gasteiger partial charge in [0.2, 0.25) is 0 Å². The minimum Gasteiger partial charge on any atom is -0.465 e. The summed E-state index contributed by atoms with van der Waals surface area (Å²) in [5, 5.41) is 24.9. The number of fused-ring (bicyclic) bond motifs is 1. The predicted octanol–water partition coefficient (Wildman–Crippen LogP) is -0.0255. The van der Waals surface area contributed by atoms with Crippen LogP contribution in [-0.2, 0) is 0 Å². The average molecular weight is 320 g/mol. The fourth-order valence-electron chi connectivity index (χ4n) is 2.91. The van der Waals surface area contributed by atoms with E-state index in [0.29, 0.717) is 42.8 Å². The minimum atomic E-state index is -0.937. The number of likely N-dealkylation sites (tertiary alicyclic amines) is 1. The van der Waals surface area contributed by atoms with Crippen LogP contribution in [0.3, 0.4) is 0 Å². The normalized spacial score (nSPS) is 16.9. The maximum absolute atomic E-state index is 11.9. The molecule has 0 bridgehead atoms. The first kappa shape index (κ1) is 14.9. The van der Waals surface area contributed by atoms with Gasteiger partial charge in [-0.3, -0.25) is 4.79 Å². The number of hydrogen-bond acceptors (Lipinski definition) is 5. The van der Waals surface area contributed by atoms with Gasteiger partial charge in [-0.2, -0.15) is 5.10 Å². The van der Waals surface area contributed by atoms with Crippen molar-refractivity contribution >= 4 is 17.6 Å². The molecule has 122 valence electrons. The Morgan fingerprint density at radius 1 is 1.43 bits per heavy atom. The lowest BCUT2D eigenvalue weighted by molar-refractivity contribution is 0.131. The molecule has 1 saturated heterocycles. The standard InChI is InChI=1S/C13H16N6O4/c14-11(17-23)8-6-15-19-9(5-10(20)16-12(8)19)7-1-3-18(4-2-7)13(21)22/h5-7,23H,1-4H2,(H2,14,17)(H,16,20)(H,21,22). The summed E-state index contributed by atoms with van der Waals surface area (Å²) in [5.41, 5.74) is 6.63. The third kappa shape index (κ3) is 2.58. The molecule has 3 heterocycles. The summed E-state index contributed by atoms with van der Waals surface area (Å²) in [4.78, 5) is 26.9. The first-order chi connectivity index (χ1) is 11.0. The Hall–Kier alpha value is -3.04. The second-order valence-corrected chi connectivity index (χ2v) is 5.41. The van der Waals surface area contributed by atoms with Gasteiger partial charge in [-0.05, 0) is 12.8 Å². The van der Waals surface area contributed by atoms with Crippen molar-refractivity contribution in [3.63, 3.8) is 0 Å². The summed E-state index contributed by atoms with van der Waals surface area (Å²) >= 11 is 0. The molecule has 0 spiro atoms. The Kier molecular flexibility index (Phi) is 3.64. The van der Waals surface area contributed by atoms with Crippen LogP contribution in [-0.4, -0.2) is 54.8 Å². The third-order valence-electron chi connectivity index (χ3n) is 4.10. The zero-order chi connectivity index (χ0) is 16.6. The van der Waals surface area contributed by atoms with Crippen molar-refractivity contribution in [2.24, 2.45) is 10.9 Å². The fraction of sp³-hybridized carbons (Fsp3) is 0.385. The van der Waals surface area contributed by atoms with E-state index in [0.717, 1.165) is 0 Å². The van der Waals surface area contributed by atoms with E-state index in [1.807, 2.05) is 0 Å². The quantitative estimate of drug-likeness (QED) is 0.264. The van der Waals surface area contributed by atoms with Crippen LogP contribution in [0.1, 0.15) is 30.0 Å². The molecule has 0 saturated carbocycles. The minimum absolute atomic E-state index is 0.00967. The van der Waals surface area contributed by atoms with Crippen LogP contribution in [0.4, 0.5) is 4.79 Å². The Bertz CT molecular complexity index is 831. The summed E-state index contributed by atoms with van der Waals surface area (Å²) in [6.07, 6.45) is 1.68. The molecular formula is C13H16N6O4. The zero-order valence-corrected chi connectivity index (χ0v) is 12.1. The maximum atomic E-state index is 11.9. The van der Waals surface area contributed by atoms with E-state index >= 15 is 0 Å². The van der Waals surface area contributed by atoms with Crippen LogP contribution < -0.4 is 11.3 Å². The van der Waals surface area contributed by atoms with Gasteiger partial charge >= 0.3 is 6.09 Å². The number of oxime groups is 1. The van der Waals surface area contributed by atoms with Crippen molar-refractivity contribution in [2.75, 3.05) is 13.1 Å². The number of aromatic nitrogens is 3. The van der Waals surface area contributed by atoms with Gasteiger partial charge in [0, 0.05) is 25.1 Å². The van der Waals surface area contributed by atoms with Crippen molar-refractivity contribution < 1.29 is 15.1 Å². The molecule has 1 fully saturated rings. The van der Waals surface area contributed by atoms with Crippen LogP contribution in [0.15, 0.2) is 22.2 Å². The molecule has 0 aliphatic carbocycles. The van der Waals surface area contributed by atoms with E-state index in [4.69, 9.17) is 16.0 Å². The number of carbonyl (C=O) groups is 1. The molecule has 1 aliphatic heterocycles. The lowest BCUT2D eigenvalue weighted by Gasteiger charge is -2.30. The number of amidine groups is 1. The summed E-state index contributed by atoms with van der Waals surface area (Å²) in [7, 11) is 0. The van der Waals surface area contributed by atoms with Gasteiger partial charge in [0.1, 0.15) is 5.65 Å². The number of nitrogens with one attached hydrogen (secondary N) is 1. The molecule has 2 aromatic heterocycles. The molecule has 1 aliphatic rings. The van der Waals surface area contributed by atoms with Crippen LogP contribution >= 0.6 is 0 Å². The van der Waals surface area contributed by atoms with E-state index in [1.165, 1.54) is 17.2 Å². The molecule has 2 aromatic rings. The van der Waals surface area contributed by atoms with Gasteiger partial charge in [-0.15, -0.1) is 0 Å². The molecule has 0 aromatic carbocycles. The molecule has 0 unspecified atom stereocenters. The van der Waals surface area contributed by atoms with Crippen molar-refractivity contribution in [3.8, 4) is 0 Å². The summed E-state index contributed by atoms with van der Waals surface area (Å²) in [5.74, 6) is -0.135. The molecular weight excluding hydrogens is 304 g/mol. The van der Waals surface area contributed by atoms with Crippen LogP contribution in [0.5, 0.6) is 0 Å². The molecule has 3 rings (SSSR count). The maximum Gasteiger partial charge on any atom is 0.407 e. The largest absolute Gasteiger partial charge is 0.465 e. The molecule has 5 N–H and O–H groups in total. The monoisotopic (exact) mass is 320 g/mol. The van der Waals surface area contributed by atoms with E-state index in [2.05, 4.69) is 15.2 Å². The first-order valence-corrected chi connectivity index (χ1v) is 7.08. The van der Waals surface area contributed by atoms with Crippen molar-refractivity contribution in [1.29, 1.82) is 0 Å². The number of nitrogens with two attached hydrogens (primary N) is 1. The van der Waals surface area contributed by atoms with Gasteiger partial charge in [-0.1, -0.05) is 5.16 Å². The highest BCUT2D eigenvalue weighted by atomic mass is 16.4. The number of piperidine rings is 1. The SMILES string of the molecule is NC(=NO)c1cnn2c(C3CCN(C(=O)O)CC3)cc(=O)[nH]c12. The Morgan fingerprint density at radius 3 is 2.74 bits per heavy atom. The number of nitrogens with zero attached hydrogens (tertiary/aromatic N) is 4. The highest BCUT2D eigenvalue weighted by Gasteiger charge is 2.26. The van der Waals surface area contributed by atoms with Crippen molar-refractivity contribution in [1.82, 2.24) is 19.5 Å². The molecule has 0 atom stereocenters. The second kappa shape index (κ2) is 5.63. The topological polar surface area (TPSA) is 149 Å². The first-order valence-electron chi connectivity index (χ1n) is 7.08. The summed E-state index contributed by atoms with van der Waals surface area (Å²) in [6.45, 7) is 0.811. The molecule has 10 heteroatoms. The van der Waals surface area contributed by atoms with Crippen LogP contribution in [0.2, 0.25) is 0 Å². The molecule has 1 amide bonds. The van der Waals surface area contributed by atoms with E-state index in [1.54, 1.807) is 4.52 Å². The van der Waals surface area contributed by atoms with Gasteiger partial charge < -0.3 is 25.9 Å². The lowest BCUT2D eigenvalue weighted by Crippen LogP contribution is -2.37. The van der Waals surface area contributed by atoms with E-state index < -0.39 is 6.09 Å². The summed E-state index contributed by atoms with van der Waals surface area (Å²) in [6, 6.07) is 1.46. The number of aromatic amines is 1. The number of H-pyrrole nitrogens is 1. The molecule has 0 radical (unpaired) electrons. The average Bonchev–Trinajstić information content (AvgIpc) is 2.97. The van der Waals surface area contributed by atoms with Gasteiger partial charge in [0.25, 0.3) is 5.56 Å². The van der Waals surface area contributed by atoms with Crippen LogP contribution in [0, 0.1) is 0 Å². The third-order valence-corrected chi connectivity index (χ3v) is 4.10. The number of rotatable bonds is 2. The number of carboxylic acid groups (broad SMARTS) is 1. The second-order valence-electron chi connectivity index (χ2n) is 5.41. The predicted molar refractivity (Wildman–Crippen MR) is 79.9 cm³/mol. The Morgan fingerprint density at radius 2 is 2.13 bits per heavy atom. The lowest BCUT2D eigenvalue weighted by atomic mass is 9.93.